The van der Waals surface area contributed by atoms with Crippen LogP contribution >= 0.6 is 0 Å². The van der Waals surface area contributed by atoms with Gasteiger partial charge in [-0.05, 0) is 6.07 Å². The van der Waals surface area contributed by atoms with Crippen molar-refractivity contribution in [2.24, 2.45) is 0 Å². The lowest BCUT2D eigenvalue weighted by Crippen LogP contribution is -2.00. The Balaban J connectivity index is 2.09. The molecule has 5 heteroatoms. The molecule has 0 unspecified atom stereocenters. The molecular formula is C11H8N4O. The first-order valence-electron chi connectivity index (χ1n) is 4.62. The summed E-state index contributed by atoms with van der Waals surface area (Å²) in [6.07, 6.45) is 7.85. The van der Waals surface area contributed by atoms with E-state index in [9.17, 15) is 0 Å². The van der Waals surface area contributed by atoms with Crippen LogP contribution in [0, 0.1) is 11.3 Å². The van der Waals surface area contributed by atoms with Crippen molar-refractivity contribution in [1.29, 1.82) is 5.26 Å². The van der Waals surface area contributed by atoms with Crippen molar-refractivity contribution >= 4 is 0 Å². The molecule has 0 N–H and O–H groups in total. The lowest BCUT2D eigenvalue weighted by Gasteiger charge is -2.05. The average Bonchev–Trinajstić information content (AvgIpc) is 2.38. The molecule has 0 aromatic carbocycles. The fraction of sp³-hybridized carbons (Fsp3) is 0.0909. The van der Waals surface area contributed by atoms with Crippen LogP contribution in [0.5, 0.6) is 5.75 Å². The van der Waals surface area contributed by atoms with Crippen molar-refractivity contribution in [3.63, 3.8) is 0 Å². The van der Waals surface area contributed by atoms with Crippen molar-refractivity contribution in [2.75, 3.05) is 0 Å². The van der Waals surface area contributed by atoms with Crippen molar-refractivity contribution in [1.82, 2.24) is 15.0 Å². The Labute approximate surface area is 92.4 Å². The maximum atomic E-state index is 8.83. The minimum absolute atomic E-state index is 0.272. The highest BCUT2D eigenvalue weighted by atomic mass is 16.5. The monoisotopic (exact) mass is 212 g/mol. The predicted octanol–water partition coefficient (Wildman–Crippen LogP) is 1.32. The van der Waals surface area contributed by atoms with E-state index in [1.54, 1.807) is 30.9 Å². The lowest BCUT2D eigenvalue weighted by atomic mass is 10.3. The van der Waals surface area contributed by atoms with Gasteiger partial charge in [-0.2, -0.15) is 5.26 Å². The number of nitrogens with zero attached hydrogens (tertiary/aromatic N) is 4. The molecule has 2 rings (SSSR count). The van der Waals surface area contributed by atoms with Gasteiger partial charge in [0.15, 0.2) is 5.75 Å². The molecule has 78 valence electrons. The summed E-state index contributed by atoms with van der Waals surface area (Å²) in [5, 5.41) is 8.83. The van der Waals surface area contributed by atoms with Crippen LogP contribution in [0.25, 0.3) is 0 Å². The Bertz CT molecular complexity index is 507. The van der Waals surface area contributed by atoms with E-state index in [-0.39, 0.29) is 6.61 Å². The van der Waals surface area contributed by atoms with Crippen LogP contribution in [0.15, 0.2) is 37.1 Å². The number of hydrogen-bond donors (Lipinski definition) is 0. The molecule has 0 spiro atoms. The van der Waals surface area contributed by atoms with Crippen molar-refractivity contribution in [2.45, 2.75) is 6.61 Å². The van der Waals surface area contributed by atoms with Crippen LogP contribution in [0.2, 0.25) is 0 Å². The van der Waals surface area contributed by atoms with Gasteiger partial charge in [0.1, 0.15) is 12.7 Å². The van der Waals surface area contributed by atoms with Crippen LogP contribution in [0.4, 0.5) is 0 Å². The van der Waals surface area contributed by atoms with Crippen molar-refractivity contribution in [3.05, 3.63) is 48.3 Å². The minimum Gasteiger partial charge on any atom is -0.484 e. The van der Waals surface area contributed by atoms with E-state index >= 15 is 0 Å². The molecule has 0 aliphatic rings. The summed E-state index contributed by atoms with van der Waals surface area (Å²) in [7, 11) is 0. The second-order valence-corrected chi connectivity index (χ2v) is 2.97. The Hall–Kier alpha value is -2.48. The molecular weight excluding hydrogens is 204 g/mol. The van der Waals surface area contributed by atoms with Gasteiger partial charge < -0.3 is 4.74 Å². The van der Waals surface area contributed by atoms with Gasteiger partial charge in [0.2, 0.25) is 0 Å². The van der Waals surface area contributed by atoms with E-state index in [1.807, 2.05) is 6.07 Å². The summed E-state index contributed by atoms with van der Waals surface area (Å²) in [4.78, 5) is 11.9. The van der Waals surface area contributed by atoms with E-state index in [1.165, 1.54) is 6.20 Å². The molecule has 0 bridgehead atoms. The van der Waals surface area contributed by atoms with Crippen molar-refractivity contribution < 1.29 is 4.74 Å². The summed E-state index contributed by atoms with van der Waals surface area (Å²) in [6.45, 7) is 0.272. The molecule has 0 aliphatic heterocycles. The largest absolute Gasteiger partial charge is 0.484 e. The van der Waals surface area contributed by atoms with E-state index in [0.717, 1.165) is 0 Å². The van der Waals surface area contributed by atoms with Crippen LogP contribution in [-0.4, -0.2) is 15.0 Å². The number of hydrogen-bond acceptors (Lipinski definition) is 5. The third-order valence-electron chi connectivity index (χ3n) is 1.90. The van der Waals surface area contributed by atoms with Crippen LogP contribution in [0.3, 0.4) is 0 Å². The molecule has 5 nitrogen and oxygen atoms in total. The number of aromatic nitrogens is 3. The molecule has 0 saturated heterocycles. The second-order valence-electron chi connectivity index (χ2n) is 2.97. The summed E-state index contributed by atoms with van der Waals surface area (Å²) in [5.74, 6) is 0.454. The highest BCUT2D eigenvalue weighted by Crippen LogP contribution is 2.15. The van der Waals surface area contributed by atoms with E-state index < -0.39 is 0 Å². The van der Waals surface area contributed by atoms with E-state index in [4.69, 9.17) is 10.00 Å². The minimum atomic E-state index is 0.272. The molecule has 0 atom stereocenters. The molecule has 0 fully saturated rings. The van der Waals surface area contributed by atoms with Gasteiger partial charge in [0, 0.05) is 18.6 Å². The quantitative estimate of drug-likeness (QED) is 0.767. The SMILES string of the molecule is N#Cc1ccncc1OCc1cnccn1. The standard InChI is InChI=1S/C11H8N4O/c12-5-9-1-2-13-7-11(9)16-8-10-6-14-3-4-15-10/h1-4,6-7H,8H2. The molecule has 16 heavy (non-hydrogen) atoms. The normalized spacial score (nSPS) is 9.44. The molecule has 0 radical (unpaired) electrons. The average molecular weight is 212 g/mol. The van der Waals surface area contributed by atoms with Crippen LogP contribution in [0.1, 0.15) is 11.3 Å². The van der Waals surface area contributed by atoms with Gasteiger partial charge in [-0.3, -0.25) is 15.0 Å². The summed E-state index contributed by atoms with van der Waals surface area (Å²) < 4.78 is 5.43. The van der Waals surface area contributed by atoms with E-state index in [0.29, 0.717) is 17.0 Å². The van der Waals surface area contributed by atoms with Gasteiger partial charge in [-0.15, -0.1) is 0 Å². The summed E-state index contributed by atoms with van der Waals surface area (Å²) in [6, 6.07) is 3.63. The van der Waals surface area contributed by atoms with Crippen LogP contribution in [-0.2, 0) is 6.61 Å². The van der Waals surface area contributed by atoms with Gasteiger partial charge >= 0.3 is 0 Å². The lowest BCUT2D eigenvalue weighted by molar-refractivity contribution is 0.298. The zero-order valence-electron chi connectivity index (χ0n) is 8.37. The maximum absolute atomic E-state index is 8.83. The predicted molar refractivity (Wildman–Crippen MR) is 55.3 cm³/mol. The first-order valence-corrected chi connectivity index (χ1v) is 4.62. The fourth-order valence-electron chi connectivity index (χ4n) is 1.14. The summed E-state index contributed by atoms with van der Waals surface area (Å²) >= 11 is 0. The zero-order valence-corrected chi connectivity index (χ0v) is 8.37. The number of nitriles is 1. The fourth-order valence-corrected chi connectivity index (χ4v) is 1.14. The third kappa shape index (κ3) is 2.30. The number of rotatable bonds is 3. The highest BCUT2D eigenvalue weighted by molar-refractivity contribution is 5.40. The van der Waals surface area contributed by atoms with Crippen molar-refractivity contribution in [3.8, 4) is 11.8 Å². The number of pyridine rings is 1. The first-order chi connectivity index (χ1) is 7.90. The topological polar surface area (TPSA) is 71.7 Å². The highest BCUT2D eigenvalue weighted by Gasteiger charge is 2.03. The molecule has 2 heterocycles. The molecule has 2 aromatic heterocycles. The molecule has 0 saturated carbocycles. The Morgan fingerprint density at radius 1 is 1.19 bits per heavy atom. The Morgan fingerprint density at radius 3 is 2.81 bits per heavy atom. The van der Waals surface area contributed by atoms with E-state index in [2.05, 4.69) is 15.0 Å². The van der Waals surface area contributed by atoms with Gasteiger partial charge in [0.25, 0.3) is 0 Å². The Morgan fingerprint density at radius 2 is 2.06 bits per heavy atom. The zero-order chi connectivity index (χ0) is 11.2. The molecule has 2 aromatic rings. The first kappa shape index (κ1) is 10.1. The summed E-state index contributed by atoms with van der Waals surface area (Å²) in [5.41, 5.74) is 1.16. The smallest absolute Gasteiger partial charge is 0.155 e. The second kappa shape index (κ2) is 4.84. The van der Waals surface area contributed by atoms with Gasteiger partial charge in [-0.1, -0.05) is 0 Å². The van der Waals surface area contributed by atoms with Crippen LogP contribution < -0.4 is 4.74 Å². The third-order valence-corrected chi connectivity index (χ3v) is 1.90. The van der Waals surface area contributed by atoms with Gasteiger partial charge in [0.05, 0.1) is 23.7 Å². The maximum Gasteiger partial charge on any atom is 0.155 e. The molecule has 0 amide bonds. The number of ether oxygens (including phenoxy) is 1. The van der Waals surface area contributed by atoms with Gasteiger partial charge in [-0.25, -0.2) is 0 Å². The Kier molecular flexibility index (Phi) is 3.04. The molecule has 0 aliphatic carbocycles.